The molecule has 0 amide bonds. The standard InChI is InChI=1S/C17H21N3OS/c1-12(22-4)19-16(8-10-18)20-11-9-13-14(17(2,3)21)6-5-7-15(13)20/h5-11,21H,1,18H2,2-4H3/b10-8-,19-16+. The zero-order chi connectivity index (χ0) is 16.3. The molecule has 1 aromatic heterocycles. The van der Waals surface area contributed by atoms with Crippen molar-refractivity contribution in [3.63, 3.8) is 0 Å². The van der Waals surface area contributed by atoms with Gasteiger partial charge in [0.2, 0.25) is 0 Å². The zero-order valence-corrected chi connectivity index (χ0v) is 13.9. The summed E-state index contributed by atoms with van der Waals surface area (Å²) in [6.07, 6.45) is 7.04. The first-order valence-electron chi connectivity index (χ1n) is 6.91. The highest BCUT2D eigenvalue weighted by Gasteiger charge is 2.20. The molecule has 3 N–H and O–H groups in total. The third kappa shape index (κ3) is 3.26. The minimum absolute atomic E-state index is 0.685. The van der Waals surface area contributed by atoms with Gasteiger partial charge in [0.25, 0.3) is 0 Å². The fourth-order valence-electron chi connectivity index (χ4n) is 2.33. The van der Waals surface area contributed by atoms with Crippen LogP contribution in [-0.4, -0.2) is 21.8 Å². The number of nitrogens with zero attached hydrogens (tertiary/aromatic N) is 2. The van der Waals surface area contributed by atoms with Gasteiger partial charge in [-0.1, -0.05) is 18.7 Å². The first-order chi connectivity index (χ1) is 10.4. The van der Waals surface area contributed by atoms with Crippen molar-refractivity contribution < 1.29 is 5.11 Å². The maximum atomic E-state index is 10.3. The summed E-state index contributed by atoms with van der Waals surface area (Å²) in [6.45, 7) is 7.45. The summed E-state index contributed by atoms with van der Waals surface area (Å²) in [4.78, 5) is 4.49. The van der Waals surface area contributed by atoms with E-state index in [2.05, 4.69) is 11.6 Å². The van der Waals surface area contributed by atoms with Crippen molar-refractivity contribution in [2.24, 2.45) is 10.7 Å². The highest BCUT2D eigenvalue weighted by atomic mass is 32.2. The number of benzene rings is 1. The SMILES string of the molecule is C=C(/N=C(\C=C/N)n1ccc2c(C(C)(C)O)cccc21)SC. The largest absolute Gasteiger partial charge is 0.404 e. The van der Waals surface area contributed by atoms with Gasteiger partial charge < -0.3 is 15.4 Å². The molecule has 116 valence electrons. The summed E-state index contributed by atoms with van der Waals surface area (Å²) in [5.74, 6) is 0.685. The van der Waals surface area contributed by atoms with Gasteiger partial charge in [0, 0.05) is 11.6 Å². The van der Waals surface area contributed by atoms with Crippen molar-refractivity contribution in [1.82, 2.24) is 4.57 Å². The third-order valence-corrected chi connectivity index (χ3v) is 3.92. The first-order valence-corrected chi connectivity index (χ1v) is 8.14. The Balaban J connectivity index is 2.66. The molecule has 0 saturated heterocycles. The van der Waals surface area contributed by atoms with Crippen molar-refractivity contribution >= 4 is 28.5 Å². The van der Waals surface area contributed by atoms with Gasteiger partial charge in [-0.3, -0.25) is 0 Å². The number of thioether (sulfide) groups is 1. The molecular formula is C17H21N3OS. The smallest absolute Gasteiger partial charge is 0.139 e. The van der Waals surface area contributed by atoms with Crippen LogP contribution in [0.15, 0.2) is 59.3 Å². The van der Waals surface area contributed by atoms with Crippen LogP contribution in [0.5, 0.6) is 0 Å². The van der Waals surface area contributed by atoms with Gasteiger partial charge in [-0.25, -0.2) is 4.99 Å². The molecule has 0 aliphatic carbocycles. The number of aromatic nitrogens is 1. The van der Waals surface area contributed by atoms with Crippen LogP contribution in [-0.2, 0) is 5.60 Å². The quantitative estimate of drug-likeness (QED) is 0.671. The molecule has 0 fully saturated rings. The third-order valence-electron chi connectivity index (χ3n) is 3.36. The van der Waals surface area contributed by atoms with Crippen LogP contribution in [0, 0.1) is 0 Å². The van der Waals surface area contributed by atoms with E-state index in [0.717, 1.165) is 16.5 Å². The predicted molar refractivity (Wildman–Crippen MR) is 96.0 cm³/mol. The van der Waals surface area contributed by atoms with Gasteiger partial charge in [-0.2, -0.15) is 0 Å². The molecule has 2 aromatic rings. The molecule has 0 aliphatic rings. The maximum Gasteiger partial charge on any atom is 0.139 e. The molecule has 0 aliphatic heterocycles. The Labute approximate surface area is 135 Å². The molecular weight excluding hydrogens is 294 g/mol. The fourth-order valence-corrected chi connectivity index (χ4v) is 2.52. The summed E-state index contributed by atoms with van der Waals surface area (Å²) >= 11 is 1.48. The second-order valence-electron chi connectivity index (χ2n) is 5.41. The predicted octanol–water partition coefficient (Wildman–Crippen LogP) is 3.42. The second kappa shape index (κ2) is 6.42. The van der Waals surface area contributed by atoms with Crippen LogP contribution in [0.25, 0.3) is 10.9 Å². The van der Waals surface area contributed by atoms with E-state index in [1.54, 1.807) is 19.9 Å². The Morgan fingerprint density at radius 3 is 2.73 bits per heavy atom. The Morgan fingerprint density at radius 2 is 2.14 bits per heavy atom. The van der Waals surface area contributed by atoms with Crippen LogP contribution < -0.4 is 5.73 Å². The summed E-state index contributed by atoms with van der Waals surface area (Å²) in [5.41, 5.74) is 6.48. The maximum absolute atomic E-state index is 10.3. The van der Waals surface area contributed by atoms with E-state index in [1.807, 2.05) is 41.3 Å². The van der Waals surface area contributed by atoms with Gasteiger partial charge >= 0.3 is 0 Å². The van der Waals surface area contributed by atoms with E-state index in [4.69, 9.17) is 5.73 Å². The van der Waals surface area contributed by atoms with Crippen LogP contribution in [0.4, 0.5) is 0 Å². The molecule has 0 bridgehead atoms. The average molecular weight is 315 g/mol. The summed E-state index contributed by atoms with van der Waals surface area (Å²) < 4.78 is 1.94. The molecule has 1 aromatic carbocycles. The molecule has 4 nitrogen and oxygen atoms in total. The second-order valence-corrected chi connectivity index (χ2v) is 6.29. The molecule has 2 rings (SSSR count). The lowest BCUT2D eigenvalue weighted by molar-refractivity contribution is 0.0802. The van der Waals surface area contributed by atoms with Crippen molar-refractivity contribution in [2.75, 3.05) is 6.26 Å². The molecule has 5 heteroatoms. The Morgan fingerprint density at radius 1 is 1.41 bits per heavy atom. The number of allylic oxidation sites excluding steroid dienone is 1. The summed E-state index contributed by atoms with van der Waals surface area (Å²) in [6, 6.07) is 7.83. The Kier molecular flexibility index (Phi) is 4.78. The molecule has 0 saturated carbocycles. The van der Waals surface area contributed by atoms with Crippen LogP contribution in [0.3, 0.4) is 0 Å². The lowest BCUT2D eigenvalue weighted by atomic mass is 9.95. The lowest BCUT2D eigenvalue weighted by Crippen LogP contribution is -2.16. The van der Waals surface area contributed by atoms with E-state index >= 15 is 0 Å². The highest BCUT2D eigenvalue weighted by molar-refractivity contribution is 8.02. The van der Waals surface area contributed by atoms with Gasteiger partial charge in [-0.15, -0.1) is 11.8 Å². The molecule has 0 radical (unpaired) electrons. The first kappa shape index (κ1) is 16.4. The highest BCUT2D eigenvalue weighted by Crippen LogP contribution is 2.29. The van der Waals surface area contributed by atoms with E-state index < -0.39 is 5.60 Å². The Bertz CT molecular complexity index is 751. The molecule has 22 heavy (non-hydrogen) atoms. The molecule has 0 unspecified atom stereocenters. The Hall–Kier alpha value is -1.98. The van der Waals surface area contributed by atoms with Gasteiger partial charge in [0.1, 0.15) is 5.84 Å². The number of nitrogens with two attached hydrogens (primary N) is 1. The fraction of sp³-hybridized carbons (Fsp3) is 0.235. The normalized spacial score (nSPS) is 13.2. The number of hydrogen-bond donors (Lipinski definition) is 2. The van der Waals surface area contributed by atoms with Crippen LogP contribution in [0.2, 0.25) is 0 Å². The minimum Gasteiger partial charge on any atom is -0.404 e. The van der Waals surface area contributed by atoms with Crippen LogP contribution in [0.1, 0.15) is 19.4 Å². The molecule has 0 spiro atoms. The number of fused-ring (bicyclic) bond motifs is 1. The molecule has 1 heterocycles. The number of aliphatic hydroxyl groups is 1. The van der Waals surface area contributed by atoms with E-state index in [-0.39, 0.29) is 0 Å². The van der Waals surface area contributed by atoms with Crippen molar-refractivity contribution in [3.05, 3.63) is 59.9 Å². The van der Waals surface area contributed by atoms with Crippen LogP contribution >= 0.6 is 11.8 Å². The summed E-state index contributed by atoms with van der Waals surface area (Å²) in [7, 11) is 0. The van der Waals surface area contributed by atoms with Gasteiger partial charge in [-0.05, 0) is 50.1 Å². The topological polar surface area (TPSA) is 63.5 Å². The number of aliphatic imine (C=N–C) groups is 1. The number of rotatable bonds is 4. The van der Waals surface area contributed by atoms with E-state index in [1.165, 1.54) is 18.0 Å². The van der Waals surface area contributed by atoms with Crippen molar-refractivity contribution in [3.8, 4) is 0 Å². The lowest BCUT2D eigenvalue weighted by Gasteiger charge is -2.19. The average Bonchev–Trinajstić information content (AvgIpc) is 2.89. The monoisotopic (exact) mass is 315 g/mol. The van der Waals surface area contributed by atoms with E-state index in [0.29, 0.717) is 10.9 Å². The van der Waals surface area contributed by atoms with Gasteiger partial charge in [0.05, 0.1) is 16.1 Å². The zero-order valence-electron chi connectivity index (χ0n) is 13.1. The molecule has 0 atom stereocenters. The van der Waals surface area contributed by atoms with E-state index in [9.17, 15) is 5.11 Å². The summed E-state index contributed by atoms with van der Waals surface area (Å²) in [5, 5.41) is 12.0. The van der Waals surface area contributed by atoms with Crippen molar-refractivity contribution in [2.45, 2.75) is 19.4 Å². The number of hydrogen-bond acceptors (Lipinski definition) is 4. The van der Waals surface area contributed by atoms with Gasteiger partial charge in [0.15, 0.2) is 0 Å². The minimum atomic E-state index is -0.907. The van der Waals surface area contributed by atoms with Crippen molar-refractivity contribution in [1.29, 1.82) is 0 Å².